The lowest BCUT2D eigenvalue weighted by molar-refractivity contribution is 0.0724. The minimum atomic E-state index is -0.666. The summed E-state index contributed by atoms with van der Waals surface area (Å²) in [7, 11) is 1.47. The fourth-order valence-electron chi connectivity index (χ4n) is 1.68. The van der Waals surface area contributed by atoms with Gasteiger partial charge in [0.25, 0.3) is 0 Å². The molecule has 0 N–H and O–H groups in total. The predicted octanol–water partition coefficient (Wildman–Crippen LogP) is 4.54. The van der Waals surface area contributed by atoms with Crippen molar-refractivity contribution in [2.45, 2.75) is 4.90 Å². The maximum atomic E-state index is 13.7. The number of ether oxygens (including phenoxy) is 2. The molecule has 2 aromatic rings. The lowest BCUT2D eigenvalue weighted by atomic mass is 10.2. The highest BCUT2D eigenvalue weighted by Gasteiger charge is 2.17. The molecule has 0 aliphatic rings. The van der Waals surface area contributed by atoms with Gasteiger partial charge in [-0.25, -0.2) is 9.18 Å². The third kappa shape index (κ3) is 3.77. The van der Waals surface area contributed by atoms with Gasteiger partial charge in [-0.05, 0) is 42.7 Å². The molecule has 0 aliphatic heterocycles. The van der Waals surface area contributed by atoms with Gasteiger partial charge in [0.2, 0.25) is 0 Å². The van der Waals surface area contributed by atoms with Crippen LogP contribution < -0.4 is 9.47 Å². The molecule has 2 aromatic carbocycles. The minimum absolute atomic E-state index is 0.126. The lowest BCUT2D eigenvalue weighted by Gasteiger charge is -2.10. The summed E-state index contributed by atoms with van der Waals surface area (Å²) in [6, 6.07) is 9.33. The Morgan fingerprint density at radius 2 is 1.95 bits per heavy atom. The number of hydrogen-bond acceptors (Lipinski definition) is 4. The van der Waals surface area contributed by atoms with Gasteiger partial charge in [0.05, 0.1) is 7.11 Å². The molecular weight excluding hydrogens is 359 g/mol. The van der Waals surface area contributed by atoms with E-state index in [9.17, 15) is 9.18 Å². The van der Waals surface area contributed by atoms with Gasteiger partial charge in [0.15, 0.2) is 11.6 Å². The second kappa shape index (κ2) is 6.95. The highest BCUT2D eigenvalue weighted by Crippen LogP contribution is 2.28. The first kappa shape index (κ1) is 15.9. The summed E-state index contributed by atoms with van der Waals surface area (Å²) in [6.45, 7) is 0. The van der Waals surface area contributed by atoms with Gasteiger partial charge in [0, 0.05) is 9.37 Å². The number of halogens is 2. The molecule has 0 saturated carbocycles. The molecule has 0 heterocycles. The van der Waals surface area contributed by atoms with Crippen molar-refractivity contribution in [3.05, 3.63) is 52.3 Å². The van der Waals surface area contributed by atoms with Crippen LogP contribution in [0.5, 0.6) is 11.5 Å². The van der Waals surface area contributed by atoms with Crippen LogP contribution in [0.1, 0.15) is 10.4 Å². The van der Waals surface area contributed by atoms with E-state index in [0.29, 0.717) is 10.2 Å². The maximum absolute atomic E-state index is 13.7. The van der Waals surface area contributed by atoms with Crippen molar-refractivity contribution in [3.63, 3.8) is 0 Å². The van der Waals surface area contributed by atoms with Crippen molar-refractivity contribution in [1.82, 2.24) is 0 Å². The van der Waals surface area contributed by atoms with Crippen LogP contribution in [0.2, 0.25) is 0 Å². The van der Waals surface area contributed by atoms with Crippen LogP contribution in [0.3, 0.4) is 0 Å². The zero-order valence-electron chi connectivity index (χ0n) is 11.4. The Balaban J connectivity index is 2.28. The fraction of sp³-hybridized carbons (Fsp3) is 0.133. The minimum Gasteiger partial charge on any atom is -0.496 e. The standard InChI is InChI=1S/C15H12BrFO3S/c1-19-14-8-10(21-2)4-5-11(14)15(18)20-13-6-3-9(16)7-12(13)17/h3-8H,1-2H3. The van der Waals surface area contributed by atoms with Crippen LogP contribution in [0, 0.1) is 5.82 Å². The Hall–Kier alpha value is -1.53. The summed E-state index contributed by atoms with van der Waals surface area (Å²) >= 11 is 4.67. The normalized spacial score (nSPS) is 10.3. The van der Waals surface area contributed by atoms with Crippen molar-refractivity contribution in [1.29, 1.82) is 0 Å². The summed E-state index contributed by atoms with van der Waals surface area (Å²) in [5.41, 5.74) is 0.248. The van der Waals surface area contributed by atoms with Gasteiger partial charge in [-0.3, -0.25) is 0 Å². The van der Waals surface area contributed by atoms with E-state index in [-0.39, 0.29) is 11.3 Å². The molecule has 0 atom stereocenters. The van der Waals surface area contributed by atoms with Gasteiger partial charge < -0.3 is 9.47 Å². The summed E-state index contributed by atoms with van der Waals surface area (Å²) in [5, 5.41) is 0. The highest BCUT2D eigenvalue weighted by atomic mass is 79.9. The maximum Gasteiger partial charge on any atom is 0.347 e. The number of esters is 1. The van der Waals surface area contributed by atoms with Crippen LogP contribution in [0.25, 0.3) is 0 Å². The van der Waals surface area contributed by atoms with Gasteiger partial charge in [-0.15, -0.1) is 11.8 Å². The number of carbonyl (C=O) groups excluding carboxylic acids is 1. The monoisotopic (exact) mass is 370 g/mol. The van der Waals surface area contributed by atoms with E-state index in [2.05, 4.69) is 15.9 Å². The van der Waals surface area contributed by atoms with Crippen molar-refractivity contribution in [2.75, 3.05) is 13.4 Å². The van der Waals surface area contributed by atoms with Gasteiger partial charge in [-0.2, -0.15) is 0 Å². The van der Waals surface area contributed by atoms with Crippen molar-refractivity contribution in [3.8, 4) is 11.5 Å². The first-order chi connectivity index (χ1) is 10.0. The average Bonchev–Trinajstić information content (AvgIpc) is 2.49. The van der Waals surface area contributed by atoms with Gasteiger partial charge in [-0.1, -0.05) is 15.9 Å². The van der Waals surface area contributed by atoms with Crippen LogP contribution in [0.4, 0.5) is 4.39 Å². The Kier molecular flexibility index (Phi) is 5.25. The molecule has 0 amide bonds. The summed E-state index contributed by atoms with van der Waals surface area (Å²) in [5.74, 6) is -1.01. The van der Waals surface area contributed by atoms with E-state index in [4.69, 9.17) is 9.47 Å². The molecule has 0 bridgehead atoms. The smallest absolute Gasteiger partial charge is 0.347 e. The van der Waals surface area contributed by atoms with E-state index < -0.39 is 11.8 Å². The molecule has 3 nitrogen and oxygen atoms in total. The van der Waals surface area contributed by atoms with Crippen LogP contribution >= 0.6 is 27.7 Å². The Labute approximate surface area is 134 Å². The van der Waals surface area contributed by atoms with Crippen LogP contribution in [-0.2, 0) is 0 Å². The zero-order chi connectivity index (χ0) is 15.4. The molecule has 2 rings (SSSR count). The van der Waals surface area contributed by atoms with Crippen molar-refractivity contribution in [2.24, 2.45) is 0 Å². The first-order valence-corrected chi connectivity index (χ1v) is 7.96. The Bertz CT molecular complexity index is 676. The zero-order valence-corrected chi connectivity index (χ0v) is 13.8. The van der Waals surface area contributed by atoms with E-state index in [0.717, 1.165) is 4.90 Å². The molecule has 6 heteroatoms. The molecule has 0 unspecified atom stereocenters. The van der Waals surface area contributed by atoms with Crippen LogP contribution in [0.15, 0.2) is 45.8 Å². The molecule has 0 saturated heterocycles. The number of hydrogen-bond donors (Lipinski definition) is 0. The third-order valence-corrected chi connectivity index (χ3v) is 3.94. The summed E-state index contributed by atoms with van der Waals surface area (Å²) in [4.78, 5) is 13.1. The number of carbonyl (C=O) groups is 1. The molecule has 0 fully saturated rings. The first-order valence-electron chi connectivity index (χ1n) is 5.94. The van der Waals surface area contributed by atoms with E-state index in [1.54, 1.807) is 24.3 Å². The summed E-state index contributed by atoms with van der Waals surface area (Å²) < 4.78 is 24.5. The Morgan fingerprint density at radius 1 is 1.19 bits per heavy atom. The van der Waals surface area contributed by atoms with E-state index in [1.807, 2.05) is 6.26 Å². The van der Waals surface area contributed by atoms with E-state index >= 15 is 0 Å². The number of thioether (sulfide) groups is 1. The topological polar surface area (TPSA) is 35.5 Å². The third-order valence-electron chi connectivity index (χ3n) is 2.73. The number of rotatable bonds is 4. The number of benzene rings is 2. The van der Waals surface area contributed by atoms with Gasteiger partial charge in [0.1, 0.15) is 11.3 Å². The van der Waals surface area contributed by atoms with Crippen molar-refractivity contribution < 1.29 is 18.7 Å². The molecular formula is C15H12BrFO3S. The number of methoxy groups -OCH3 is 1. The predicted molar refractivity (Wildman–Crippen MR) is 83.8 cm³/mol. The molecule has 0 spiro atoms. The Morgan fingerprint density at radius 3 is 2.57 bits per heavy atom. The van der Waals surface area contributed by atoms with Crippen LogP contribution in [-0.4, -0.2) is 19.3 Å². The SMILES string of the molecule is COc1cc(SC)ccc1C(=O)Oc1ccc(Br)cc1F. The molecule has 0 radical (unpaired) electrons. The summed E-state index contributed by atoms with van der Waals surface area (Å²) in [6.07, 6.45) is 1.92. The van der Waals surface area contributed by atoms with E-state index in [1.165, 1.54) is 31.0 Å². The van der Waals surface area contributed by atoms with Gasteiger partial charge >= 0.3 is 5.97 Å². The molecule has 0 aromatic heterocycles. The average molecular weight is 371 g/mol. The quantitative estimate of drug-likeness (QED) is 0.449. The second-order valence-electron chi connectivity index (χ2n) is 4.03. The van der Waals surface area contributed by atoms with Crippen molar-refractivity contribution >= 4 is 33.7 Å². The lowest BCUT2D eigenvalue weighted by Crippen LogP contribution is -2.11. The fourth-order valence-corrected chi connectivity index (χ4v) is 2.44. The largest absolute Gasteiger partial charge is 0.496 e. The molecule has 21 heavy (non-hydrogen) atoms. The molecule has 110 valence electrons. The molecule has 0 aliphatic carbocycles. The second-order valence-corrected chi connectivity index (χ2v) is 5.83. The highest BCUT2D eigenvalue weighted by molar-refractivity contribution is 9.10.